The van der Waals surface area contributed by atoms with Gasteiger partial charge >= 0.3 is 5.97 Å². The highest BCUT2D eigenvalue weighted by atomic mass is 35.5. The molecule has 0 saturated carbocycles. The van der Waals surface area contributed by atoms with Crippen molar-refractivity contribution in [3.05, 3.63) is 75.8 Å². The second-order valence-corrected chi connectivity index (χ2v) is 8.13. The van der Waals surface area contributed by atoms with Crippen molar-refractivity contribution in [2.45, 2.75) is 12.1 Å². The van der Waals surface area contributed by atoms with E-state index in [1.165, 1.54) is 24.3 Å². The van der Waals surface area contributed by atoms with Gasteiger partial charge in [0, 0.05) is 10.6 Å². The maximum Gasteiger partial charge on any atom is 0.339 e. The number of amides is 1. The summed E-state index contributed by atoms with van der Waals surface area (Å²) in [6.45, 7) is 0. The maximum atomic E-state index is 15.1. The maximum absolute atomic E-state index is 15.1. The Bertz CT molecular complexity index is 1480. The second-order valence-electron chi connectivity index (χ2n) is 7.31. The molecule has 1 atom stereocenters. The first-order valence-electron chi connectivity index (χ1n) is 9.63. The molecule has 2 aromatic heterocycles. The normalized spacial score (nSPS) is 12.7. The lowest BCUT2D eigenvalue weighted by molar-refractivity contribution is -0.329. The van der Waals surface area contributed by atoms with Crippen LogP contribution in [0.1, 0.15) is 17.5 Å². The highest BCUT2D eigenvalue weighted by Gasteiger charge is 2.33. The zero-order valence-corrected chi connectivity index (χ0v) is 18.8. The van der Waals surface area contributed by atoms with E-state index in [1.807, 2.05) is 0 Å². The van der Waals surface area contributed by atoms with Crippen molar-refractivity contribution in [1.29, 1.82) is 0 Å². The molecule has 1 unspecified atom stereocenters. The van der Waals surface area contributed by atoms with Gasteiger partial charge in [-0.2, -0.15) is 0 Å². The van der Waals surface area contributed by atoms with Gasteiger partial charge in [0.25, 0.3) is 5.91 Å². The number of rotatable bonds is 5. The van der Waals surface area contributed by atoms with E-state index in [1.54, 1.807) is 0 Å². The Labute approximate surface area is 204 Å². The van der Waals surface area contributed by atoms with E-state index in [4.69, 9.17) is 28.9 Å². The lowest BCUT2D eigenvalue weighted by Gasteiger charge is -2.13. The van der Waals surface area contributed by atoms with Gasteiger partial charge in [-0.1, -0.05) is 35.3 Å². The van der Waals surface area contributed by atoms with Crippen LogP contribution in [0.3, 0.4) is 0 Å². The number of carbonyl (C=O) groups excluding carboxylic acids is 1. The standard InChI is InChI=1S/C21H15Cl2F2N5O5/c22-9-3-1-2-8(6-9)17(31)19(32)28-11-5-4-10(13(24)14(11)25)15-16-18(26)27-7-12(23)30(16)20(29-15)21(33,34)35/h1-7,17,31,33-35H,(H2,26,27)(H,28,32). The summed E-state index contributed by atoms with van der Waals surface area (Å²) in [6, 6.07) is 7.78. The number of imidazole rings is 1. The number of anilines is 2. The molecule has 4 rings (SSSR count). The smallest absolute Gasteiger partial charge is 0.339 e. The monoisotopic (exact) mass is 525 g/mol. The number of halogens is 4. The molecule has 0 saturated heterocycles. The molecule has 0 spiro atoms. The predicted octanol–water partition coefficient (Wildman–Crippen LogP) is 2.32. The van der Waals surface area contributed by atoms with E-state index < -0.39 is 52.4 Å². The molecule has 182 valence electrons. The molecule has 4 aromatic rings. The fourth-order valence-electron chi connectivity index (χ4n) is 3.38. The first-order valence-corrected chi connectivity index (χ1v) is 10.4. The minimum Gasteiger partial charge on any atom is -0.382 e. The summed E-state index contributed by atoms with van der Waals surface area (Å²) in [5, 5.41) is 41.2. The van der Waals surface area contributed by atoms with Crippen LogP contribution in [-0.2, 0) is 10.8 Å². The number of aliphatic hydroxyl groups excluding tert-OH is 1. The number of nitrogens with two attached hydrogens (primary N) is 1. The Kier molecular flexibility index (Phi) is 6.36. The number of benzene rings is 2. The molecule has 2 aromatic carbocycles. The summed E-state index contributed by atoms with van der Waals surface area (Å²) in [5.41, 5.74) is 4.13. The van der Waals surface area contributed by atoms with E-state index in [-0.39, 0.29) is 27.1 Å². The third kappa shape index (κ3) is 4.50. The van der Waals surface area contributed by atoms with Crippen LogP contribution in [0.5, 0.6) is 0 Å². The first-order chi connectivity index (χ1) is 16.4. The Morgan fingerprint density at radius 2 is 1.86 bits per heavy atom. The van der Waals surface area contributed by atoms with Gasteiger partial charge in [-0.25, -0.2) is 18.7 Å². The number of aliphatic hydroxyl groups is 4. The van der Waals surface area contributed by atoms with Gasteiger partial charge in [0.05, 0.1) is 11.9 Å². The molecule has 0 aliphatic carbocycles. The molecule has 14 heteroatoms. The van der Waals surface area contributed by atoms with Crippen molar-refractivity contribution in [3.63, 3.8) is 0 Å². The van der Waals surface area contributed by atoms with Crippen LogP contribution in [0.4, 0.5) is 20.3 Å². The number of nitrogens with zero attached hydrogens (tertiary/aromatic N) is 3. The van der Waals surface area contributed by atoms with Crippen molar-refractivity contribution >= 4 is 46.1 Å². The molecule has 0 bridgehead atoms. The van der Waals surface area contributed by atoms with Crippen molar-refractivity contribution < 1.29 is 34.0 Å². The van der Waals surface area contributed by atoms with Gasteiger partial charge in [-0.3, -0.25) is 9.20 Å². The molecule has 0 aliphatic rings. The van der Waals surface area contributed by atoms with Crippen molar-refractivity contribution in [3.8, 4) is 11.3 Å². The molecule has 0 radical (unpaired) electrons. The summed E-state index contributed by atoms with van der Waals surface area (Å²) >= 11 is 11.8. The van der Waals surface area contributed by atoms with Gasteiger partial charge in [0.1, 0.15) is 22.2 Å². The number of nitrogens with one attached hydrogen (secondary N) is 1. The Hall–Kier alpha value is -3.39. The Balaban J connectivity index is 1.76. The molecule has 35 heavy (non-hydrogen) atoms. The van der Waals surface area contributed by atoms with Gasteiger partial charge in [0.2, 0.25) is 5.82 Å². The molecule has 0 fully saturated rings. The van der Waals surface area contributed by atoms with E-state index in [9.17, 15) is 29.6 Å². The largest absolute Gasteiger partial charge is 0.382 e. The van der Waals surface area contributed by atoms with Crippen LogP contribution in [0.25, 0.3) is 16.8 Å². The summed E-state index contributed by atoms with van der Waals surface area (Å²) in [7, 11) is 0. The third-order valence-corrected chi connectivity index (χ3v) is 5.45. The lowest BCUT2D eigenvalue weighted by Crippen LogP contribution is -2.27. The van der Waals surface area contributed by atoms with Crippen molar-refractivity contribution in [2.24, 2.45) is 0 Å². The second kappa shape index (κ2) is 9.00. The Morgan fingerprint density at radius 1 is 1.14 bits per heavy atom. The van der Waals surface area contributed by atoms with Crippen molar-refractivity contribution in [1.82, 2.24) is 14.4 Å². The van der Waals surface area contributed by atoms with Crippen LogP contribution in [0, 0.1) is 11.6 Å². The van der Waals surface area contributed by atoms with Crippen LogP contribution in [0.2, 0.25) is 10.2 Å². The molecule has 0 aliphatic heterocycles. The number of carbonyl (C=O) groups is 1. The van der Waals surface area contributed by atoms with E-state index >= 15 is 4.39 Å². The Morgan fingerprint density at radius 3 is 2.51 bits per heavy atom. The highest BCUT2D eigenvalue weighted by molar-refractivity contribution is 6.30. The molecule has 1 amide bonds. The lowest BCUT2D eigenvalue weighted by atomic mass is 10.1. The van der Waals surface area contributed by atoms with Crippen molar-refractivity contribution in [2.75, 3.05) is 11.1 Å². The molecule has 10 nitrogen and oxygen atoms in total. The molecule has 2 heterocycles. The fourth-order valence-corrected chi connectivity index (χ4v) is 3.79. The number of nitrogen functional groups attached to an aromatic ring is 1. The summed E-state index contributed by atoms with van der Waals surface area (Å²) in [6.07, 6.45) is -0.707. The van der Waals surface area contributed by atoms with Crippen LogP contribution in [-0.4, -0.2) is 40.7 Å². The summed E-state index contributed by atoms with van der Waals surface area (Å²) < 4.78 is 30.8. The molecular weight excluding hydrogens is 511 g/mol. The molecular formula is C21H15Cl2F2N5O5. The van der Waals surface area contributed by atoms with Gasteiger partial charge < -0.3 is 31.5 Å². The molecule has 7 N–H and O–H groups in total. The third-order valence-electron chi connectivity index (χ3n) is 4.95. The van der Waals surface area contributed by atoms with Gasteiger partial charge in [-0.15, -0.1) is 0 Å². The zero-order chi connectivity index (χ0) is 25.7. The van der Waals surface area contributed by atoms with Crippen LogP contribution < -0.4 is 11.1 Å². The van der Waals surface area contributed by atoms with Crippen LogP contribution >= 0.6 is 23.2 Å². The number of hydrogen-bond acceptors (Lipinski definition) is 8. The summed E-state index contributed by atoms with van der Waals surface area (Å²) in [5.74, 6) is -8.76. The minimum absolute atomic E-state index is 0.129. The highest BCUT2D eigenvalue weighted by Crippen LogP contribution is 2.36. The number of hydrogen-bond donors (Lipinski definition) is 6. The van der Waals surface area contributed by atoms with Gasteiger partial charge in [-0.05, 0) is 29.8 Å². The topological polar surface area (TPSA) is 166 Å². The first kappa shape index (κ1) is 24.7. The minimum atomic E-state index is -3.52. The SMILES string of the molecule is Nc1ncc(Cl)n2c(C(O)(O)O)nc(-c3ccc(NC(=O)C(O)c4cccc(Cl)c4)c(F)c3F)c12. The average molecular weight is 526 g/mol. The van der Waals surface area contributed by atoms with E-state index in [0.717, 1.165) is 22.7 Å². The average Bonchev–Trinajstić information content (AvgIpc) is 3.21. The zero-order valence-electron chi connectivity index (χ0n) is 17.2. The summed E-state index contributed by atoms with van der Waals surface area (Å²) in [4.78, 5) is 19.9. The number of aromatic nitrogens is 3. The van der Waals surface area contributed by atoms with Crippen LogP contribution in [0.15, 0.2) is 42.6 Å². The number of fused-ring (bicyclic) bond motifs is 1. The van der Waals surface area contributed by atoms with E-state index in [0.29, 0.717) is 0 Å². The predicted molar refractivity (Wildman–Crippen MR) is 121 cm³/mol. The fraction of sp³-hybridized carbons (Fsp3) is 0.0952. The quantitative estimate of drug-likeness (QED) is 0.216. The van der Waals surface area contributed by atoms with Gasteiger partial charge in [0.15, 0.2) is 17.7 Å². The van der Waals surface area contributed by atoms with E-state index in [2.05, 4.69) is 15.3 Å².